The molecule has 0 bridgehead atoms. The summed E-state index contributed by atoms with van der Waals surface area (Å²) in [6.45, 7) is 2.63. The summed E-state index contributed by atoms with van der Waals surface area (Å²) in [5.74, 6) is 1.78. The molecule has 4 rings (SSSR count). The van der Waals surface area contributed by atoms with Crippen LogP contribution in [0, 0.1) is 6.92 Å². The summed E-state index contributed by atoms with van der Waals surface area (Å²) in [4.78, 5) is 22.9. The second-order valence-electron chi connectivity index (χ2n) is 7.58. The van der Waals surface area contributed by atoms with Crippen molar-refractivity contribution in [3.63, 3.8) is 0 Å². The van der Waals surface area contributed by atoms with E-state index < -0.39 is 0 Å². The molecule has 31 heavy (non-hydrogen) atoms. The zero-order valence-electron chi connectivity index (χ0n) is 18.1. The van der Waals surface area contributed by atoms with Crippen molar-refractivity contribution in [3.8, 4) is 11.5 Å². The molecule has 2 aromatic heterocycles. The highest BCUT2D eigenvalue weighted by Crippen LogP contribution is 2.32. The van der Waals surface area contributed by atoms with Gasteiger partial charge in [0.25, 0.3) is 5.56 Å². The van der Waals surface area contributed by atoms with E-state index >= 15 is 0 Å². The number of thioether (sulfide) groups is 1. The van der Waals surface area contributed by atoms with Gasteiger partial charge in [0.1, 0.15) is 0 Å². The molecule has 2 heterocycles. The molecule has 6 nitrogen and oxygen atoms in total. The quantitative estimate of drug-likeness (QED) is 0.258. The van der Waals surface area contributed by atoms with Crippen LogP contribution in [0.3, 0.4) is 0 Å². The number of ether oxygens (including phenoxy) is 2. The van der Waals surface area contributed by atoms with Crippen LogP contribution < -0.4 is 15.0 Å². The molecule has 1 aliphatic rings. The monoisotopic (exact) mass is 457 g/mol. The lowest BCUT2D eigenvalue weighted by molar-refractivity contribution is 0.355. The Balaban J connectivity index is 1.72. The Bertz CT molecular complexity index is 1170. The molecule has 0 aliphatic heterocycles. The van der Waals surface area contributed by atoms with Gasteiger partial charge < -0.3 is 9.47 Å². The Morgan fingerprint density at radius 2 is 1.97 bits per heavy atom. The molecule has 0 radical (unpaired) electrons. The topological polar surface area (TPSA) is 66.2 Å². The van der Waals surface area contributed by atoms with Crippen molar-refractivity contribution in [1.29, 1.82) is 0 Å². The van der Waals surface area contributed by atoms with Gasteiger partial charge in [-0.15, -0.1) is 11.3 Å². The average Bonchev–Trinajstić information content (AvgIpc) is 3.22. The minimum Gasteiger partial charge on any atom is -0.493 e. The number of hydrogen-bond acceptors (Lipinski definition) is 7. The molecular weight excluding hydrogens is 430 g/mol. The molecule has 0 saturated carbocycles. The van der Waals surface area contributed by atoms with Crippen molar-refractivity contribution >= 4 is 34.0 Å². The zero-order valence-corrected chi connectivity index (χ0v) is 19.8. The van der Waals surface area contributed by atoms with Crippen LogP contribution in [-0.4, -0.2) is 28.8 Å². The van der Waals surface area contributed by atoms with E-state index in [9.17, 15) is 4.79 Å². The lowest BCUT2D eigenvalue weighted by atomic mass is 9.97. The highest BCUT2D eigenvalue weighted by Gasteiger charge is 2.17. The van der Waals surface area contributed by atoms with Crippen LogP contribution in [0.4, 0.5) is 0 Å². The molecule has 0 N–H and O–H groups in total. The molecule has 164 valence electrons. The SMILES string of the molecule is COc1cc2nc(SCc3csc(C)n3)n(CCC3=CCCCC3)c(=O)c2cc1OC. The summed E-state index contributed by atoms with van der Waals surface area (Å²) in [6, 6.07) is 3.51. The lowest BCUT2D eigenvalue weighted by Crippen LogP contribution is -2.24. The van der Waals surface area contributed by atoms with Gasteiger partial charge in [-0.2, -0.15) is 0 Å². The fourth-order valence-electron chi connectivity index (χ4n) is 3.84. The molecule has 0 unspecified atom stereocenters. The van der Waals surface area contributed by atoms with E-state index in [0.29, 0.717) is 39.9 Å². The fraction of sp³-hybridized carbons (Fsp3) is 0.435. The molecule has 1 aromatic carbocycles. The van der Waals surface area contributed by atoms with E-state index in [0.717, 1.165) is 30.0 Å². The van der Waals surface area contributed by atoms with Crippen LogP contribution in [0.1, 0.15) is 42.8 Å². The molecule has 1 aliphatic carbocycles. The van der Waals surface area contributed by atoms with Gasteiger partial charge in [0.05, 0.1) is 35.8 Å². The predicted molar refractivity (Wildman–Crippen MR) is 127 cm³/mol. The molecule has 0 fully saturated rings. The molecule has 8 heteroatoms. The third-order valence-electron chi connectivity index (χ3n) is 5.48. The summed E-state index contributed by atoms with van der Waals surface area (Å²) < 4.78 is 12.6. The van der Waals surface area contributed by atoms with Gasteiger partial charge in [0.2, 0.25) is 0 Å². The molecule has 0 spiro atoms. The number of aromatic nitrogens is 3. The van der Waals surface area contributed by atoms with Gasteiger partial charge in [-0.05, 0) is 45.1 Å². The first-order valence-electron chi connectivity index (χ1n) is 10.5. The van der Waals surface area contributed by atoms with E-state index in [4.69, 9.17) is 14.5 Å². The highest BCUT2D eigenvalue weighted by molar-refractivity contribution is 7.98. The van der Waals surface area contributed by atoms with E-state index in [1.807, 2.05) is 11.5 Å². The third kappa shape index (κ3) is 4.96. The number of benzene rings is 1. The summed E-state index contributed by atoms with van der Waals surface area (Å²) in [7, 11) is 3.16. The Kier molecular flexibility index (Phi) is 6.97. The number of thiazole rings is 1. The highest BCUT2D eigenvalue weighted by atomic mass is 32.2. The maximum absolute atomic E-state index is 13.5. The number of aryl methyl sites for hydroxylation is 1. The first-order valence-corrected chi connectivity index (χ1v) is 12.3. The van der Waals surface area contributed by atoms with Gasteiger partial charge in [-0.25, -0.2) is 9.97 Å². The Morgan fingerprint density at radius 3 is 2.65 bits per heavy atom. The van der Waals surface area contributed by atoms with Crippen molar-refractivity contribution in [3.05, 3.63) is 50.2 Å². The third-order valence-corrected chi connectivity index (χ3v) is 7.31. The maximum atomic E-state index is 13.5. The van der Waals surface area contributed by atoms with Crippen LogP contribution >= 0.6 is 23.1 Å². The minimum absolute atomic E-state index is 0.0423. The predicted octanol–water partition coefficient (Wildman–Crippen LogP) is 5.36. The standard InChI is InChI=1S/C23H27N3O3S2/c1-15-24-17(13-30-15)14-31-23-25-19-12-21(29-3)20(28-2)11-18(19)22(27)26(23)10-9-16-7-5-4-6-8-16/h7,11-13H,4-6,8-10,14H2,1-3H3. The number of fused-ring (bicyclic) bond motifs is 1. The largest absolute Gasteiger partial charge is 0.493 e. The van der Waals surface area contributed by atoms with Crippen LogP contribution in [0.15, 0.2) is 39.1 Å². The van der Waals surface area contributed by atoms with Crippen molar-refractivity contribution in [2.45, 2.75) is 56.5 Å². The van der Waals surface area contributed by atoms with Gasteiger partial charge in [0, 0.05) is 23.7 Å². The van der Waals surface area contributed by atoms with Crippen molar-refractivity contribution < 1.29 is 9.47 Å². The Morgan fingerprint density at radius 1 is 1.16 bits per heavy atom. The molecule has 0 saturated heterocycles. The van der Waals surface area contributed by atoms with E-state index in [2.05, 4.69) is 16.4 Å². The fourth-order valence-corrected chi connectivity index (χ4v) is 5.47. The van der Waals surface area contributed by atoms with Crippen molar-refractivity contribution in [1.82, 2.24) is 14.5 Å². The van der Waals surface area contributed by atoms with Crippen LogP contribution in [0.2, 0.25) is 0 Å². The Labute approximate surface area is 190 Å². The van der Waals surface area contributed by atoms with Gasteiger partial charge in [-0.1, -0.05) is 23.4 Å². The Hall–Kier alpha value is -2.32. The number of allylic oxidation sites excluding steroid dienone is 2. The normalized spacial score (nSPS) is 14.0. The zero-order chi connectivity index (χ0) is 21.8. The van der Waals surface area contributed by atoms with Crippen LogP contribution in [0.25, 0.3) is 10.9 Å². The minimum atomic E-state index is -0.0423. The van der Waals surface area contributed by atoms with E-state index in [1.165, 1.54) is 18.4 Å². The summed E-state index contributed by atoms with van der Waals surface area (Å²) in [5.41, 5.74) is 3.03. The van der Waals surface area contributed by atoms with Crippen LogP contribution in [-0.2, 0) is 12.3 Å². The first-order chi connectivity index (χ1) is 15.1. The maximum Gasteiger partial charge on any atom is 0.262 e. The molecular formula is C23H27N3O3S2. The number of hydrogen-bond donors (Lipinski definition) is 0. The second-order valence-corrected chi connectivity index (χ2v) is 9.58. The first kappa shape index (κ1) is 21.9. The van der Waals surface area contributed by atoms with Gasteiger partial charge in [0.15, 0.2) is 16.7 Å². The summed E-state index contributed by atoms with van der Waals surface area (Å²) >= 11 is 3.19. The average molecular weight is 458 g/mol. The molecule has 3 aromatic rings. The smallest absolute Gasteiger partial charge is 0.262 e. The number of rotatable bonds is 8. The van der Waals surface area contributed by atoms with Crippen LogP contribution in [0.5, 0.6) is 11.5 Å². The van der Waals surface area contributed by atoms with E-state index in [-0.39, 0.29) is 5.56 Å². The summed E-state index contributed by atoms with van der Waals surface area (Å²) in [6.07, 6.45) is 7.98. The van der Waals surface area contributed by atoms with E-state index in [1.54, 1.807) is 49.5 Å². The lowest BCUT2D eigenvalue weighted by Gasteiger charge is -2.17. The summed E-state index contributed by atoms with van der Waals surface area (Å²) in [5, 5.41) is 4.36. The van der Waals surface area contributed by atoms with Crippen molar-refractivity contribution in [2.75, 3.05) is 14.2 Å². The van der Waals surface area contributed by atoms with Gasteiger partial charge >= 0.3 is 0 Å². The molecule has 0 atom stereocenters. The second kappa shape index (κ2) is 9.87. The number of nitrogens with zero attached hydrogens (tertiary/aromatic N) is 3. The molecule has 0 amide bonds. The number of methoxy groups -OCH3 is 2. The van der Waals surface area contributed by atoms with Gasteiger partial charge in [-0.3, -0.25) is 9.36 Å². The van der Waals surface area contributed by atoms with Crippen molar-refractivity contribution in [2.24, 2.45) is 0 Å².